The van der Waals surface area contributed by atoms with Crippen LogP contribution in [0.4, 0.5) is 5.82 Å². The summed E-state index contributed by atoms with van der Waals surface area (Å²) in [6.07, 6.45) is 0.762. The molecule has 0 spiro atoms. The molecule has 0 amide bonds. The molecule has 1 aromatic heterocycles. The van der Waals surface area contributed by atoms with Crippen LogP contribution in [-0.2, 0) is 0 Å². The van der Waals surface area contributed by atoms with E-state index in [9.17, 15) is 5.11 Å². The van der Waals surface area contributed by atoms with Gasteiger partial charge in [-0.05, 0) is 23.8 Å². The number of halogens is 2. The van der Waals surface area contributed by atoms with Gasteiger partial charge in [-0.15, -0.1) is 0 Å². The molecule has 0 aliphatic heterocycles. The van der Waals surface area contributed by atoms with E-state index in [-0.39, 0.29) is 0 Å². The van der Waals surface area contributed by atoms with Crippen LogP contribution in [0.2, 0.25) is 5.02 Å². The number of pyridine rings is 1. The summed E-state index contributed by atoms with van der Waals surface area (Å²) in [4.78, 5) is 3.95. The number of rotatable bonds is 2. The fraction of sp³-hybridized carbons (Fsp3) is 0.0833. The number of benzene rings is 1. The summed E-state index contributed by atoms with van der Waals surface area (Å²) in [5.74, 6) is 0.321. The summed E-state index contributed by atoms with van der Waals surface area (Å²) >= 11 is 9.21. The van der Waals surface area contributed by atoms with Crippen molar-refractivity contribution in [1.82, 2.24) is 4.98 Å². The Labute approximate surface area is 112 Å². The van der Waals surface area contributed by atoms with E-state index in [1.807, 2.05) is 0 Å². The minimum Gasteiger partial charge on any atom is -0.383 e. The van der Waals surface area contributed by atoms with Crippen LogP contribution in [0.3, 0.4) is 0 Å². The molecular weight excluding hydrogens is 304 g/mol. The highest BCUT2D eigenvalue weighted by Gasteiger charge is 2.16. The summed E-state index contributed by atoms with van der Waals surface area (Å²) in [7, 11) is 0. The van der Waals surface area contributed by atoms with Gasteiger partial charge in [0.15, 0.2) is 0 Å². The number of nitrogens with two attached hydrogens (primary N) is 1. The number of nitrogens with zero attached hydrogens (tertiary/aromatic N) is 1. The Morgan fingerprint density at radius 1 is 1.29 bits per heavy atom. The molecule has 0 bridgehead atoms. The minimum atomic E-state index is -0.824. The first-order chi connectivity index (χ1) is 8.09. The SMILES string of the molecule is Nc1ncccc1C(O)c1ccc(Cl)cc1Br. The van der Waals surface area contributed by atoms with Gasteiger partial charge in [-0.1, -0.05) is 39.7 Å². The van der Waals surface area contributed by atoms with E-state index in [0.717, 1.165) is 4.47 Å². The number of hydrogen-bond donors (Lipinski definition) is 2. The number of aliphatic hydroxyl groups excluding tert-OH is 1. The second-order valence-corrected chi connectivity index (χ2v) is 4.84. The summed E-state index contributed by atoms with van der Waals surface area (Å²) in [6, 6.07) is 8.68. The zero-order valence-corrected chi connectivity index (χ0v) is 11.1. The third-order valence-electron chi connectivity index (χ3n) is 2.42. The number of nitrogen functional groups attached to an aromatic ring is 1. The molecule has 88 valence electrons. The lowest BCUT2D eigenvalue weighted by molar-refractivity contribution is 0.220. The molecule has 0 saturated carbocycles. The Morgan fingerprint density at radius 3 is 2.71 bits per heavy atom. The first kappa shape index (κ1) is 12.4. The van der Waals surface area contributed by atoms with Gasteiger partial charge in [0, 0.05) is 21.3 Å². The normalized spacial score (nSPS) is 12.4. The molecule has 0 aliphatic carbocycles. The second kappa shape index (κ2) is 5.04. The van der Waals surface area contributed by atoms with Crippen molar-refractivity contribution in [2.75, 3.05) is 5.73 Å². The highest BCUT2D eigenvalue weighted by atomic mass is 79.9. The first-order valence-corrected chi connectivity index (χ1v) is 6.10. The van der Waals surface area contributed by atoms with Gasteiger partial charge < -0.3 is 10.8 Å². The van der Waals surface area contributed by atoms with Crippen LogP contribution < -0.4 is 5.73 Å². The lowest BCUT2D eigenvalue weighted by atomic mass is 10.0. The van der Waals surface area contributed by atoms with Gasteiger partial charge >= 0.3 is 0 Å². The molecule has 1 heterocycles. The maximum atomic E-state index is 10.3. The molecule has 5 heteroatoms. The predicted octanol–water partition coefficient (Wildman–Crippen LogP) is 3.16. The number of hydrogen-bond acceptors (Lipinski definition) is 3. The van der Waals surface area contributed by atoms with Crippen molar-refractivity contribution in [3.8, 4) is 0 Å². The number of anilines is 1. The third-order valence-corrected chi connectivity index (χ3v) is 3.34. The summed E-state index contributed by atoms with van der Waals surface area (Å²) in [5.41, 5.74) is 7.01. The van der Waals surface area contributed by atoms with E-state index in [1.165, 1.54) is 0 Å². The molecule has 1 atom stereocenters. The van der Waals surface area contributed by atoms with Crippen LogP contribution in [0, 0.1) is 0 Å². The molecule has 17 heavy (non-hydrogen) atoms. The van der Waals surface area contributed by atoms with Gasteiger partial charge in [-0.3, -0.25) is 0 Å². The first-order valence-electron chi connectivity index (χ1n) is 4.93. The molecule has 1 aromatic carbocycles. The zero-order valence-electron chi connectivity index (χ0n) is 8.77. The standard InChI is InChI=1S/C12H10BrClN2O/c13-10-6-7(14)3-4-8(10)11(17)9-2-1-5-16-12(9)15/h1-6,11,17H,(H2,15,16). The highest BCUT2D eigenvalue weighted by Crippen LogP contribution is 2.32. The largest absolute Gasteiger partial charge is 0.383 e. The molecular formula is C12H10BrClN2O. The van der Waals surface area contributed by atoms with Gasteiger partial charge in [0.2, 0.25) is 0 Å². The number of aliphatic hydroxyl groups is 1. The maximum Gasteiger partial charge on any atom is 0.129 e. The summed E-state index contributed by atoms with van der Waals surface area (Å²) in [5, 5.41) is 10.9. The van der Waals surface area contributed by atoms with Crippen molar-refractivity contribution in [1.29, 1.82) is 0 Å². The smallest absolute Gasteiger partial charge is 0.129 e. The zero-order chi connectivity index (χ0) is 12.4. The average Bonchev–Trinajstić information content (AvgIpc) is 2.29. The molecule has 0 saturated heterocycles. The van der Waals surface area contributed by atoms with Crippen LogP contribution in [0.5, 0.6) is 0 Å². The number of aromatic nitrogens is 1. The van der Waals surface area contributed by atoms with Crippen molar-refractivity contribution in [2.24, 2.45) is 0 Å². The van der Waals surface area contributed by atoms with Crippen LogP contribution >= 0.6 is 27.5 Å². The van der Waals surface area contributed by atoms with E-state index in [1.54, 1.807) is 36.5 Å². The van der Waals surface area contributed by atoms with Crippen LogP contribution in [0.1, 0.15) is 17.2 Å². The highest BCUT2D eigenvalue weighted by molar-refractivity contribution is 9.10. The van der Waals surface area contributed by atoms with Crippen molar-refractivity contribution < 1.29 is 5.11 Å². The van der Waals surface area contributed by atoms with E-state index in [4.69, 9.17) is 17.3 Å². The molecule has 1 unspecified atom stereocenters. The maximum absolute atomic E-state index is 10.3. The Kier molecular flexibility index (Phi) is 3.66. The minimum absolute atomic E-state index is 0.321. The van der Waals surface area contributed by atoms with Gasteiger partial charge in [-0.25, -0.2) is 4.98 Å². The van der Waals surface area contributed by atoms with E-state index >= 15 is 0 Å². The Morgan fingerprint density at radius 2 is 2.06 bits per heavy atom. The topological polar surface area (TPSA) is 59.1 Å². The predicted molar refractivity (Wildman–Crippen MR) is 71.9 cm³/mol. The molecule has 2 rings (SSSR count). The Bertz CT molecular complexity index is 548. The van der Waals surface area contributed by atoms with Crippen LogP contribution in [-0.4, -0.2) is 10.1 Å². The quantitative estimate of drug-likeness (QED) is 0.895. The van der Waals surface area contributed by atoms with Gasteiger partial charge in [0.05, 0.1) is 0 Å². The molecule has 0 radical (unpaired) electrons. The van der Waals surface area contributed by atoms with Crippen molar-refractivity contribution in [2.45, 2.75) is 6.10 Å². The Balaban J connectivity index is 2.44. The van der Waals surface area contributed by atoms with Crippen LogP contribution in [0.25, 0.3) is 0 Å². The van der Waals surface area contributed by atoms with Crippen molar-refractivity contribution in [3.63, 3.8) is 0 Å². The third kappa shape index (κ3) is 2.60. The monoisotopic (exact) mass is 312 g/mol. The molecule has 0 aliphatic rings. The van der Waals surface area contributed by atoms with E-state index in [0.29, 0.717) is 22.0 Å². The lowest BCUT2D eigenvalue weighted by Crippen LogP contribution is -2.05. The molecule has 0 fully saturated rings. The Hall–Kier alpha value is -1.10. The average molecular weight is 314 g/mol. The second-order valence-electron chi connectivity index (χ2n) is 3.55. The van der Waals surface area contributed by atoms with E-state index < -0.39 is 6.10 Å². The molecule has 3 N–H and O–H groups in total. The van der Waals surface area contributed by atoms with E-state index in [2.05, 4.69) is 20.9 Å². The fourth-order valence-corrected chi connectivity index (χ4v) is 2.45. The molecule has 2 aromatic rings. The van der Waals surface area contributed by atoms with Crippen molar-refractivity contribution in [3.05, 3.63) is 57.2 Å². The van der Waals surface area contributed by atoms with Gasteiger partial charge in [0.25, 0.3) is 0 Å². The van der Waals surface area contributed by atoms with Gasteiger partial charge in [0.1, 0.15) is 11.9 Å². The van der Waals surface area contributed by atoms with Gasteiger partial charge in [-0.2, -0.15) is 0 Å². The van der Waals surface area contributed by atoms with Crippen LogP contribution in [0.15, 0.2) is 41.0 Å². The van der Waals surface area contributed by atoms with Crippen molar-refractivity contribution >= 4 is 33.3 Å². The lowest BCUT2D eigenvalue weighted by Gasteiger charge is -2.14. The summed E-state index contributed by atoms with van der Waals surface area (Å²) in [6.45, 7) is 0. The fourth-order valence-electron chi connectivity index (χ4n) is 1.55. The molecule has 3 nitrogen and oxygen atoms in total. The summed E-state index contributed by atoms with van der Waals surface area (Å²) < 4.78 is 0.737.